The van der Waals surface area contributed by atoms with Crippen molar-refractivity contribution in [1.29, 1.82) is 0 Å². The largest absolute Gasteiger partial charge is 0.468 e. The lowest BCUT2D eigenvalue weighted by molar-refractivity contribution is 0.388. The van der Waals surface area contributed by atoms with Crippen LogP contribution in [0.4, 0.5) is 0 Å². The maximum Gasteiger partial charge on any atom is 0.223 e. The van der Waals surface area contributed by atoms with E-state index in [1.807, 2.05) is 0 Å². The number of sulfone groups is 1. The van der Waals surface area contributed by atoms with Crippen LogP contribution in [-0.2, 0) is 21.3 Å². The van der Waals surface area contributed by atoms with Crippen molar-refractivity contribution in [3.63, 3.8) is 0 Å². The second-order valence-corrected chi connectivity index (χ2v) is 5.41. The zero-order chi connectivity index (χ0) is 11.6. The number of hydrogen-bond donors (Lipinski definition) is 0. The molecule has 0 saturated heterocycles. The minimum Gasteiger partial charge on any atom is -0.468 e. The first-order valence-electron chi connectivity index (χ1n) is 4.57. The molecular formula is C9H10N2O4S. The normalized spacial score (nSPS) is 11.8. The standard InChI is InChI=1S/C9H10N2O4S/c1-7-10-9(11-15-7)6-16(12,13)5-8-3-2-4-14-8/h2-4H,5-6H2,1H3. The highest BCUT2D eigenvalue weighted by Crippen LogP contribution is 2.10. The van der Waals surface area contributed by atoms with E-state index in [9.17, 15) is 8.42 Å². The van der Waals surface area contributed by atoms with Crippen molar-refractivity contribution >= 4 is 9.84 Å². The van der Waals surface area contributed by atoms with Gasteiger partial charge in [0, 0.05) is 6.92 Å². The molecule has 0 aliphatic heterocycles. The Morgan fingerprint density at radius 1 is 1.38 bits per heavy atom. The molecule has 0 radical (unpaired) electrons. The SMILES string of the molecule is Cc1nc(CS(=O)(=O)Cc2ccco2)no1. The minimum absolute atomic E-state index is 0.159. The van der Waals surface area contributed by atoms with Gasteiger partial charge in [-0.15, -0.1) is 0 Å². The van der Waals surface area contributed by atoms with Crippen LogP contribution in [0.3, 0.4) is 0 Å². The Balaban J connectivity index is 2.09. The van der Waals surface area contributed by atoms with Gasteiger partial charge in [-0.1, -0.05) is 5.16 Å². The fourth-order valence-electron chi connectivity index (χ4n) is 1.26. The second kappa shape index (κ2) is 4.09. The molecule has 0 aliphatic carbocycles. The zero-order valence-corrected chi connectivity index (χ0v) is 9.40. The summed E-state index contributed by atoms with van der Waals surface area (Å²) in [5.74, 6) is 0.519. The molecule has 2 rings (SSSR count). The lowest BCUT2D eigenvalue weighted by Crippen LogP contribution is -2.08. The Kier molecular flexibility index (Phi) is 2.78. The molecule has 6 nitrogen and oxygen atoms in total. The summed E-state index contributed by atoms with van der Waals surface area (Å²) in [6.07, 6.45) is 1.43. The molecule has 0 amide bonds. The first kappa shape index (κ1) is 10.9. The van der Waals surface area contributed by atoms with Gasteiger partial charge in [-0.3, -0.25) is 0 Å². The molecule has 7 heteroatoms. The second-order valence-electron chi connectivity index (χ2n) is 3.34. The molecule has 16 heavy (non-hydrogen) atoms. The van der Waals surface area contributed by atoms with Gasteiger partial charge in [-0.2, -0.15) is 4.98 Å². The third-order valence-electron chi connectivity index (χ3n) is 1.86. The van der Waals surface area contributed by atoms with E-state index in [-0.39, 0.29) is 17.3 Å². The van der Waals surface area contributed by atoms with Crippen molar-refractivity contribution in [2.75, 3.05) is 0 Å². The fraction of sp³-hybridized carbons (Fsp3) is 0.333. The third-order valence-corrected chi connectivity index (χ3v) is 3.28. The lowest BCUT2D eigenvalue weighted by Gasteiger charge is -1.97. The average Bonchev–Trinajstić information content (AvgIpc) is 2.76. The first-order valence-corrected chi connectivity index (χ1v) is 6.39. The monoisotopic (exact) mass is 242 g/mol. The molecule has 0 aliphatic rings. The zero-order valence-electron chi connectivity index (χ0n) is 8.58. The van der Waals surface area contributed by atoms with Crippen molar-refractivity contribution in [3.8, 4) is 0 Å². The molecule has 86 valence electrons. The topological polar surface area (TPSA) is 86.2 Å². The van der Waals surface area contributed by atoms with Gasteiger partial charge in [0.05, 0.1) is 6.26 Å². The maximum atomic E-state index is 11.7. The van der Waals surface area contributed by atoms with Crippen LogP contribution in [-0.4, -0.2) is 18.6 Å². The van der Waals surface area contributed by atoms with Crippen LogP contribution < -0.4 is 0 Å². The summed E-state index contributed by atoms with van der Waals surface area (Å²) in [5, 5.41) is 3.53. The predicted octanol–water partition coefficient (Wildman–Crippen LogP) is 1.09. The Bertz CT molecular complexity index is 556. The van der Waals surface area contributed by atoms with Crippen molar-refractivity contribution < 1.29 is 17.4 Å². The molecule has 0 atom stereocenters. The van der Waals surface area contributed by atoms with Gasteiger partial charge in [0.15, 0.2) is 15.7 Å². The molecule has 2 heterocycles. The van der Waals surface area contributed by atoms with Gasteiger partial charge in [-0.25, -0.2) is 8.42 Å². The first-order chi connectivity index (χ1) is 7.55. The van der Waals surface area contributed by atoms with Gasteiger partial charge in [0.1, 0.15) is 17.3 Å². The van der Waals surface area contributed by atoms with Gasteiger partial charge in [-0.05, 0) is 12.1 Å². The predicted molar refractivity (Wildman–Crippen MR) is 54.1 cm³/mol. The highest BCUT2D eigenvalue weighted by Gasteiger charge is 2.18. The molecule has 2 aromatic rings. The number of aryl methyl sites for hydroxylation is 1. The van der Waals surface area contributed by atoms with Crippen molar-refractivity contribution in [2.45, 2.75) is 18.4 Å². The van der Waals surface area contributed by atoms with E-state index in [0.29, 0.717) is 11.7 Å². The molecule has 0 aromatic carbocycles. The summed E-state index contributed by atoms with van der Waals surface area (Å²) in [5.41, 5.74) is 0. The van der Waals surface area contributed by atoms with Crippen molar-refractivity contribution in [2.24, 2.45) is 0 Å². The summed E-state index contributed by atoms with van der Waals surface area (Å²) in [6.45, 7) is 1.61. The Labute approximate surface area is 92.2 Å². The van der Waals surface area contributed by atoms with Crippen LogP contribution in [0.25, 0.3) is 0 Å². The van der Waals surface area contributed by atoms with Gasteiger partial charge >= 0.3 is 0 Å². The number of furan rings is 1. The molecule has 0 N–H and O–H groups in total. The molecule has 0 saturated carbocycles. The molecule has 0 spiro atoms. The van der Waals surface area contributed by atoms with Crippen LogP contribution in [0, 0.1) is 6.92 Å². The number of nitrogens with zero attached hydrogens (tertiary/aromatic N) is 2. The van der Waals surface area contributed by atoms with E-state index in [0.717, 1.165) is 0 Å². The average molecular weight is 242 g/mol. The van der Waals surface area contributed by atoms with E-state index in [1.54, 1.807) is 19.1 Å². The van der Waals surface area contributed by atoms with E-state index >= 15 is 0 Å². The number of hydrogen-bond acceptors (Lipinski definition) is 6. The molecule has 0 unspecified atom stereocenters. The summed E-state index contributed by atoms with van der Waals surface area (Å²) in [6, 6.07) is 3.25. The van der Waals surface area contributed by atoms with Crippen LogP contribution in [0.2, 0.25) is 0 Å². The van der Waals surface area contributed by atoms with Crippen LogP contribution in [0.1, 0.15) is 17.5 Å². The van der Waals surface area contributed by atoms with E-state index in [2.05, 4.69) is 10.1 Å². The molecule has 0 fully saturated rings. The summed E-state index contributed by atoms with van der Waals surface area (Å²) >= 11 is 0. The minimum atomic E-state index is -3.32. The van der Waals surface area contributed by atoms with Crippen molar-refractivity contribution in [1.82, 2.24) is 10.1 Å². The molecule has 0 bridgehead atoms. The van der Waals surface area contributed by atoms with Gasteiger partial charge in [0.2, 0.25) is 5.89 Å². The maximum absolute atomic E-state index is 11.7. The number of aromatic nitrogens is 2. The summed E-state index contributed by atoms with van der Waals surface area (Å²) in [4.78, 5) is 3.84. The quantitative estimate of drug-likeness (QED) is 0.797. The number of rotatable bonds is 4. The third kappa shape index (κ3) is 2.69. The summed E-state index contributed by atoms with van der Waals surface area (Å²) in [7, 11) is -3.32. The smallest absolute Gasteiger partial charge is 0.223 e. The lowest BCUT2D eigenvalue weighted by atomic mass is 10.5. The highest BCUT2D eigenvalue weighted by molar-refractivity contribution is 7.89. The van der Waals surface area contributed by atoms with E-state index in [4.69, 9.17) is 8.94 Å². The Morgan fingerprint density at radius 3 is 2.75 bits per heavy atom. The van der Waals surface area contributed by atoms with Gasteiger partial charge in [0.25, 0.3) is 0 Å². The van der Waals surface area contributed by atoms with Gasteiger partial charge < -0.3 is 8.94 Å². The Morgan fingerprint density at radius 2 is 2.19 bits per heavy atom. The fourth-order valence-corrected chi connectivity index (χ4v) is 2.47. The highest BCUT2D eigenvalue weighted by atomic mass is 32.2. The van der Waals surface area contributed by atoms with Crippen LogP contribution in [0.15, 0.2) is 27.3 Å². The van der Waals surface area contributed by atoms with Crippen molar-refractivity contribution in [3.05, 3.63) is 35.9 Å². The molecular weight excluding hydrogens is 232 g/mol. The molecule has 2 aromatic heterocycles. The Hall–Kier alpha value is -1.63. The van der Waals surface area contributed by atoms with E-state index in [1.165, 1.54) is 6.26 Å². The van der Waals surface area contributed by atoms with E-state index < -0.39 is 9.84 Å². The summed E-state index contributed by atoms with van der Waals surface area (Å²) < 4.78 is 33.1. The van der Waals surface area contributed by atoms with Crippen LogP contribution >= 0.6 is 0 Å². The van der Waals surface area contributed by atoms with Crippen LogP contribution in [0.5, 0.6) is 0 Å².